The number of anilines is 1. The first-order valence-electron chi connectivity index (χ1n) is 5.18. The van der Waals surface area contributed by atoms with E-state index in [4.69, 9.17) is 5.11 Å². The van der Waals surface area contributed by atoms with Crippen LogP contribution < -0.4 is 5.32 Å². The van der Waals surface area contributed by atoms with Crippen molar-refractivity contribution in [3.63, 3.8) is 0 Å². The van der Waals surface area contributed by atoms with Gasteiger partial charge < -0.3 is 10.4 Å². The fraction of sp³-hybridized carbons (Fsp3) is 0.417. The van der Waals surface area contributed by atoms with Gasteiger partial charge in [-0.2, -0.15) is 0 Å². The molecular formula is C12H15NO2. The number of nitrogens with one attached hydrogen (secondary N) is 1. The minimum atomic E-state index is -0.862. The Morgan fingerprint density at radius 3 is 2.67 bits per heavy atom. The molecule has 2 rings (SSSR count). The third-order valence-corrected chi connectivity index (χ3v) is 2.92. The van der Waals surface area contributed by atoms with E-state index in [0.29, 0.717) is 11.6 Å². The van der Waals surface area contributed by atoms with Gasteiger partial charge in [-0.1, -0.05) is 6.92 Å². The standard InChI is InChI=1S/C12H15NO2/c1-7-5-9(13-11-6-8(11)2)3-4-10(7)12(14)15/h3-5,8,11,13H,6H2,1-2H3,(H,14,15). The molecule has 0 radical (unpaired) electrons. The van der Waals surface area contributed by atoms with Gasteiger partial charge in [0, 0.05) is 11.7 Å². The molecule has 1 aliphatic rings. The van der Waals surface area contributed by atoms with Crippen molar-refractivity contribution in [2.45, 2.75) is 26.3 Å². The molecule has 15 heavy (non-hydrogen) atoms. The molecule has 1 fully saturated rings. The molecule has 2 atom stereocenters. The summed E-state index contributed by atoms with van der Waals surface area (Å²) < 4.78 is 0. The summed E-state index contributed by atoms with van der Waals surface area (Å²) in [6, 6.07) is 5.96. The minimum absolute atomic E-state index is 0.379. The topological polar surface area (TPSA) is 49.3 Å². The third-order valence-electron chi connectivity index (χ3n) is 2.92. The molecule has 0 bridgehead atoms. The van der Waals surface area contributed by atoms with Gasteiger partial charge in [0.1, 0.15) is 0 Å². The SMILES string of the molecule is Cc1cc(NC2CC2C)ccc1C(=O)O. The van der Waals surface area contributed by atoms with Crippen molar-refractivity contribution in [3.05, 3.63) is 29.3 Å². The molecule has 1 aromatic rings. The molecule has 80 valence electrons. The molecule has 2 N–H and O–H groups in total. The number of aromatic carboxylic acids is 1. The van der Waals surface area contributed by atoms with Gasteiger partial charge in [0.25, 0.3) is 0 Å². The molecule has 1 saturated carbocycles. The van der Waals surface area contributed by atoms with E-state index >= 15 is 0 Å². The maximum atomic E-state index is 10.8. The van der Waals surface area contributed by atoms with Crippen molar-refractivity contribution in [3.8, 4) is 0 Å². The molecule has 3 heteroatoms. The lowest BCUT2D eigenvalue weighted by Gasteiger charge is -2.07. The van der Waals surface area contributed by atoms with Crippen LogP contribution in [0, 0.1) is 12.8 Å². The number of carboxylic acid groups (broad SMARTS) is 1. The number of benzene rings is 1. The highest BCUT2D eigenvalue weighted by molar-refractivity contribution is 5.89. The number of rotatable bonds is 3. The van der Waals surface area contributed by atoms with Crippen LogP contribution in [-0.2, 0) is 0 Å². The third kappa shape index (κ3) is 2.12. The summed E-state index contributed by atoms with van der Waals surface area (Å²) in [5.41, 5.74) is 2.21. The largest absolute Gasteiger partial charge is 0.478 e. The van der Waals surface area contributed by atoms with E-state index in [2.05, 4.69) is 12.2 Å². The van der Waals surface area contributed by atoms with Crippen molar-refractivity contribution >= 4 is 11.7 Å². The molecule has 3 nitrogen and oxygen atoms in total. The molecule has 0 aromatic heterocycles. The normalized spacial score (nSPS) is 23.6. The van der Waals surface area contributed by atoms with Crippen molar-refractivity contribution in [2.24, 2.45) is 5.92 Å². The van der Waals surface area contributed by atoms with Crippen LogP contribution in [0.3, 0.4) is 0 Å². The Labute approximate surface area is 89.1 Å². The molecule has 1 aromatic carbocycles. The first-order chi connectivity index (χ1) is 7.08. The first kappa shape index (κ1) is 10.0. The van der Waals surface area contributed by atoms with Crippen molar-refractivity contribution in [2.75, 3.05) is 5.32 Å². The Kier molecular flexibility index (Phi) is 2.39. The van der Waals surface area contributed by atoms with Crippen LogP contribution in [-0.4, -0.2) is 17.1 Å². The Balaban J connectivity index is 2.14. The summed E-state index contributed by atoms with van der Waals surface area (Å²) in [5.74, 6) is -0.122. The first-order valence-corrected chi connectivity index (χ1v) is 5.18. The molecule has 0 aliphatic heterocycles. The number of hydrogen-bond donors (Lipinski definition) is 2. The highest BCUT2D eigenvalue weighted by atomic mass is 16.4. The van der Waals surface area contributed by atoms with Gasteiger partial charge in [-0.15, -0.1) is 0 Å². The Bertz CT molecular complexity index is 401. The summed E-state index contributed by atoms with van der Waals surface area (Å²) in [7, 11) is 0. The minimum Gasteiger partial charge on any atom is -0.478 e. The number of hydrogen-bond acceptors (Lipinski definition) is 2. The van der Waals surface area contributed by atoms with Gasteiger partial charge in [0.15, 0.2) is 0 Å². The molecular weight excluding hydrogens is 190 g/mol. The fourth-order valence-corrected chi connectivity index (χ4v) is 1.73. The lowest BCUT2D eigenvalue weighted by molar-refractivity contribution is 0.0696. The highest BCUT2D eigenvalue weighted by Gasteiger charge is 2.32. The average molecular weight is 205 g/mol. The summed E-state index contributed by atoms with van der Waals surface area (Å²) >= 11 is 0. The van der Waals surface area contributed by atoms with Crippen LogP contribution >= 0.6 is 0 Å². The van der Waals surface area contributed by atoms with Crippen LogP contribution in [0.15, 0.2) is 18.2 Å². The van der Waals surface area contributed by atoms with E-state index < -0.39 is 5.97 Å². The zero-order chi connectivity index (χ0) is 11.0. The molecule has 0 saturated heterocycles. The van der Waals surface area contributed by atoms with Crippen molar-refractivity contribution in [1.82, 2.24) is 0 Å². The van der Waals surface area contributed by atoms with Gasteiger partial charge in [0.2, 0.25) is 0 Å². The molecule has 0 amide bonds. The zero-order valence-electron chi connectivity index (χ0n) is 8.95. The lowest BCUT2D eigenvalue weighted by Crippen LogP contribution is -2.05. The Hall–Kier alpha value is -1.51. The average Bonchev–Trinajstić information content (AvgIpc) is 2.81. The fourth-order valence-electron chi connectivity index (χ4n) is 1.73. The van der Waals surface area contributed by atoms with E-state index in [1.807, 2.05) is 19.1 Å². The zero-order valence-corrected chi connectivity index (χ0v) is 8.95. The monoisotopic (exact) mass is 205 g/mol. The Morgan fingerprint density at radius 2 is 2.20 bits per heavy atom. The second kappa shape index (κ2) is 3.57. The summed E-state index contributed by atoms with van der Waals surface area (Å²) in [6.07, 6.45) is 1.21. The van der Waals surface area contributed by atoms with E-state index in [0.717, 1.165) is 17.2 Å². The predicted molar refractivity (Wildman–Crippen MR) is 59.3 cm³/mol. The number of aryl methyl sites for hydroxylation is 1. The highest BCUT2D eigenvalue weighted by Crippen LogP contribution is 2.32. The quantitative estimate of drug-likeness (QED) is 0.797. The van der Waals surface area contributed by atoms with Gasteiger partial charge in [-0.05, 0) is 43.0 Å². The van der Waals surface area contributed by atoms with Crippen molar-refractivity contribution < 1.29 is 9.90 Å². The van der Waals surface area contributed by atoms with Crippen LogP contribution in [0.25, 0.3) is 0 Å². The van der Waals surface area contributed by atoms with Crippen LogP contribution in [0.1, 0.15) is 29.3 Å². The second-order valence-corrected chi connectivity index (χ2v) is 4.30. The molecule has 0 spiro atoms. The van der Waals surface area contributed by atoms with Gasteiger partial charge in [-0.25, -0.2) is 4.79 Å². The van der Waals surface area contributed by atoms with Gasteiger partial charge in [0.05, 0.1) is 5.56 Å². The second-order valence-electron chi connectivity index (χ2n) is 4.30. The summed E-state index contributed by atoms with van der Waals surface area (Å²) in [6.45, 7) is 4.03. The van der Waals surface area contributed by atoms with Crippen LogP contribution in [0.4, 0.5) is 5.69 Å². The molecule has 1 aliphatic carbocycles. The molecule has 0 heterocycles. The number of carbonyl (C=O) groups is 1. The van der Waals surface area contributed by atoms with E-state index in [9.17, 15) is 4.79 Å². The lowest BCUT2D eigenvalue weighted by atomic mass is 10.1. The van der Waals surface area contributed by atoms with Gasteiger partial charge >= 0.3 is 5.97 Å². The number of carboxylic acids is 1. The summed E-state index contributed by atoms with van der Waals surface area (Å²) in [4.78, 5) is 10.8. The van der Waals surface area contributed by atoms with E-state index in [-0.39, 0.29) is 0 Å². The van der Waals surface area contributed by atoms with Crippen LogP contribution in [0.2, 0.25) is 0 Å². The maximum absolute atomic E-state index is 10.8. The summed E-state index contributed by atoms with van der Waals surface area (Å²) in [5, 5.41) is 12.3. The van der Waals surface area contributed by atoms with E-state index in [1.165, 1.54) is 6.42 Å². The Morgan fingerprint density at radius 1 is 1.53 bits per heavy atom. The maximum Gasteiger partial charge on any atom is 0.335 e. The predicted octanol–water partition coefficient (Wildman–Crippen LogP) is 2.51. The van der Waals surface area contributed by atoms with E-state index in [1.54, 1.807) is 6.07 Å². The van der Waals surface area contributed by atoms with Crippen molar-refractivity contribution in [1.29, 1.82) is 0 Å². The van der Waals surface area contributed by atoms with Gasteiger partial charge in [-0.3, -0.25) is 0 Å². The smallest absolute Gasteiger partial charge is 0.335 e. The van der Waals surface area contributed by atoms with Crippen LogP contribution in [0.5, 0.6) is 0 Å². The molecule has 2 unspecified atom stereocenters.